The smallest absolute Gasteiger partial charge is 0.237 e. The van der Waals surface area contributed by atoms with E-state index in [4.69, 9.17) is 0 Å². The van der Waals surface area contributed by atoms with Gasteiger partial charge in [-0.25, -0.2) is 0 Å². The molecular weight excluding hydrogens is 276 g/mol. The fourth-order valence-electron chi connectivity index (χ4n) is 3.69. The lowest BCUT2D eigenvalue weighted by molar-refractivity contribution is -0.123. The van der Waals surface area contributed by atoms with Gasteiger partial charge in [-0.05, 0) is 42.0 Å². The van der Waals surface area contributed by atoms with Gasteiger partial charge in [0.15, 0.2) is 0 Å². The van der Waals surface area contributed by atoms with Gasteiger partial charge < -0.3 is 15.7 Å². The largest absolute Gasteiger partial charge is 0.508 e. The summed E-state index contributed by atoms with van der Waals surface area (Å²) in [5, 5.41) is 15.9. The summed E-state index contributed by atoms with van der Waals surface area (Å²) in [7, 11) is 0. The Labute approximate surface area is 132 Å². The van der Waals surface area contributed by atoms with Crippen LogP contribution in [0.1, 0.15) is 49.7 Å². The van der Waals surface area contributed by atoms with Crippen molar-refractivity contribution in [2.45, 2.75) is 57.5 Å². The maximum Gasteiger partial charge on any atom is 0.237 e. The zero-order chi connectivity index (χ0) is 15.4. The minimum Gasteiger partial charge on any atom is -0.508 e. The van der Waals surface area contributed by atoms with Crippen molar-refractivity contribution in [2.24, 2.45) is 5.92 Å². The van der Waals surface area contributed by atoms with Gasteiger partial charge >= 0.3 is 0 Å². The minimum atomic E-state index is -0.150. The number of nitrogens with one attached hydrogen (secondary N) is 2. The standard InChI is InChI=1S/C18H26N2O2/c21-16-7-6-14-11-17(20-12-15(14)10-16)18(22)19-9-8-13-4-2-1-3-5-13/h6-7,10,13,17,20-21H,1-5,8-9,11-12H2,(H,19,22)/t17-/m0/s1. The Morgan fingerprint density at radius 3 is 2.86 bits per heavy atom. The average Bonchev–Trinajstić information content (AvgIpc) is 2.55. The summed E-state index contributed by atoms with van der Waals surface area (Å²) in [6, 6.07) is 5.25. The lowest BCUT2D eigenvalue weighted by Crippen LogP contribution is -2.48. The second-order valence-electron chi connectivity index (χ2n) is 6.67. The summed E-state index contributed by atoms with van der Waals surface area (Å²) >= 11 is 0. The number of phenols is 1. The van der Waals surface area contributed by atoms with Crippen LogP contribution in [0.25, 0.3) is 0 Å². The van der Waals surface area contributed by atoms with Crippen molar-refractivity contribution < 1.29 is 9.90 Å². The molecule has 1 aromatic carbocycles. The van der Waals surface area contributed by atoms with E-state index < -0.39 is 0 Å². The van der Waals surface area contributed by atoms with Crippen LogP contribution in [0.3, 0.4) is 0 Å². The molecule has 4 nitrogen and oxygen atoms in total. The van der Waals surface area contributed by atoms with Gasteiger partial charge in [0.05, 0.1) is 6.04 Å². The topological polar surface area (TPSA) is 61.4 Å². The van der Waals surface area contributed by atoms with E-state index in [1.54, 1.807) is 12.1 Å². The summed E-state index contributed by atoms with van der Waals surface area (Å²) in [5.41, 5.74) is 2.25. The summed E-state index contributed by atoms with van der Waals surface area (Å²) in [4.78, 5) is 12.3. The highest BCUT2D eigenvalue weighted by molar-refractivity contribution is 5.82. The molecule has 1 atom stereocenters. The summed E-state index contributed by atoms with van der Waals surface area (Å²) in [6.45, 7) is 1.44. The fraction of sp³-hybridized carbons (Fsp3) is 0.611. The van der Waals surface area contributed by atoms with Crippen molar-refractivity contribution >= 4 is 5.91 Å². The number of phenolic OH excluding ortho intramolecular Hbond substituents is 1. The molecule has 0 aromatic heterocycles. The molecule has 3 N–H and O–H groups in total. The highest BCUT2D eigenvalue weighted by atomic mass is 16.3. The van der Waals surface area contributed by atoms with E-state index in [0.717, 1.165) is 30.0 Å². The molecule has 4 heteroatoms. The van der Waals surface area contributed by atoms with Crippen molar-refractivity contribution in [2.75, 3.05) is 6.54 Å². The van der Waals surface area contributed by atoms with Gasteiger partial charge in [0, 0.05) is 13.1 Å². The summed E-state index contributed by atoms with van der Waals surface area (Å²) in [6.07, 6.45) is 8.55. The van der Waals surface area contributed by atoms with Crippen LogP contribution in [0.2, 0.25) is 0 Å². The van der Waals surface area contributed by atoms with Crippen LogP contribution in [-0.2, 0) is 17.8 Å². The summed E-state index contributed by atoms with van der Waals surface area (Å²) in [5.74, 6) is 1.20. The third-order valence-corrected chi connectivity index (χ3v) is 5.05. The molecule has 0 unspecified atom stereocenters. The van der Waals surface area contributed by atoms with E-state index in [1.807, 2.05) is 6.07 Å². The van der Waals surface area contributed by atoms with Crippen LogP contribution in [0, 0.1) is 5.92 Å². The predicted molar refractivity (Wildman–Crippen MR) is 86.6 cm³/mol. The molecule has 22 heavy (non-hydrogen) atoms. The number of carbonyl (C=O) groups is 1. The fourth-order valence-corrected chi connectivity index (χ4v) is 3.69. The Bertz CT molecular complexity index is 524. The molecular formula is C18H26N2O2. The zero-order valence-electron chi connectivity index (χ0n) is 13.1. The second-order valence-corrected chi connectivity index (χ2v) is 6.67. The first-order valence-electron chi connectivity index (χ1n) is 8.54. The van der Waals surface area contributed by atoms with E-state index in [9.17, 15) is 9.90 Å². The maximum atomic E-state index is 12.3. The number of hydrogen-bond acceptors (Lipinski definition) is 3. The first-order chi connectivity index (χ1) is 10.7. The van der Waals surface area contributed by atoms with Crippen molar-refractivity contribution in [1.29, 1.82) is 0 Å². The number of amides is 1. The van der Waals surface area contributed by atoms with Crippen molar-refractivity contribution in [1.82, 2.24) is 10.6 Å². The number of rotatable bonds is 4. The maximum absolute atomic E-state index is 12.3. The number of aromatic hydroxyl groups is 1. The number of benzene rings is 1. The van der Waals surface area contributed by atoms with Crippen LogP contribution in [0.4, 0.5) is 0 Å². The molecule has 1 fully saturated rings. The van der Waals surface area contributed by atoms with Gasteiger partial charge in [-0.3, -0.25) is 4.79 Å². The molecule has 0 radical (unpaired) electrons. The quantitative estimate of drug-likeness (QED) is 0.801. The Morgan fingerprint density at radius 1 is 1.23 bits per heavy atom. The molecule has 1 aromatic rings. The molecule has 0 bridgehead atoms. The Balaban J connectivity index is 1.46. The van der Waals surface area contributed by atoms with Gasteiger partial charge in [-0.1, -0.05) is 38.2 Å². The lowest BCUT2D eigenvalue weighted by Gasteiger charge is -2.26. The monoisotopic (exact) mass is 302 g/mol. The molecule has 120 valence electrons. The molecule has 1 aliphatic carbocycles. The van der Waals surface area contributed by atoms with Crippen molar-refractivity contribution in [3.05, 3.63) is 29.3 Å². The molecule has 3 rings (SSSR count). The van der Waals surface area contributed by atoms with Crippen LogP contribution < -0.4 is 10.6 Å². The molecule has 2 aliphatic rings. The predicted octanol–water partition coefficient (Wildman–Crippen LogP) is 2.49. The van der Waals surface area contributed by atoms with E-state index in [0.29, 0.717) is 13.0 Å². The van der Waals surface area contributed by atoms with E-state index in [-0.39, 0.29) is 17.7 Å². The van der Waals surface area contributed by atoms with Gasteiger partial charge in [0.25, 0.3) is 0 Å². The summed E-state index contributed by atoms with van der Waals surface area (Å²) < 4.78 is 0. The Morgan fingerprint density at radius 2 is 2.05 bits per heavy atom. The van der Waals surface area contributed by atoms with E-state index in [2.05, 4.69) is 10.6 Å². The Hall–Kier alpha value is -1.55. The normalized spacial score (nSPS) is 22.1. The van der Waals surface area contributed by atoms with E-state index >= 15 is 0 Å². The second kappa shape index (κ2) is 7.14. The number of hydrogen-bond donors (Lipinski definition) is 3. The molecule has 1 saturated carbocycles. The first kappa shape index (κ1) is 15.3. The molecule has 0 spiro atoms. The number of fused-ring (bicyclic) bond motifs is 1. The number of carbonyl (C=O) groups excluding carboxylic acids is 1. The van der Waals surface area contributed by atoms with E-state index in [1.165, 1.54) is 32.1 Å². The first-order valence-corrected chi connectivity index (χ1v) is 8.54. The molecule has 1 heterocycles. The molecule has 1 aliphatic heterocycles. The highest BCUT2D eigenvalue weighted by Crippen LogP contribution is 2.26. The van der Waals surface area contributed by atoms with Crippen molar-refractivity contribution in [3.8, 4) is 5.75 Å². The van der Waals surface area contributed by atoms with Crippen LogP contribution in [-0.4, -0.2) is 23.6 Å². The third-order valence-electron chi connectivity index (χ3n) is 5.05. The van der Waals surface area contributed by atoms with Crippen LogP contribution in [0.5, 0.6) is 5.75 Å². The minimum absolute atomic E-state index is 0.106. The average molecular weight is 302 g/mol. The third kappa shape index (κ3) is 3.80. The molecule has 1 amide bonds. The van der Waals surface area contributed by atoms with Crippen molar-refractivity contribution in [3.63, 3.8) is 0 Å². The van der Waals surface area contributed by atoms with Gasteiger partial charge in [0.1, 0.15) is 5.75 Å². The van der Waals surface area contributed by atoms with Crippen LogP contribution >= 0.6 is 0 Å². The van der Waals surface area contributed by atoms with Gasteiger partial charge in [0.2, 0.25) is 5.91 Å². The SMILES string of the molecule is O=C(NCCC1CCCCC1)[C@@H]1Cc2ccc(O)cc2CN1. The molecule has 0 saturated heterocycles. The van der Waals surface area contributed by atoms with Crippen LogP contribution in [0.15, 0.2) is 18.2 Å². The Kier molecular flexibility index (Phi) is 4.98. The zero-order valence-corrected chi connectivity index (χ0v) is 13.1. The van der Waals surface area contributed by atoms with Gasteiger partial charge in [-0.2, -0.15) is 0 Å². The highest BCUT2D eigenvalue weighted by Gasteiger charge is 2.24. The van der Waals surface area contributed by atoms with Gasteiger partial charge in [-0.15, -0.1) is 0 Å². The lowest BCUT2D eigenvalue weighted by atomic mass is 9.87.